The van der Waals surface area contributed by atoms with Gasteiger partial charge in [0.05, 0.1) is 34.0 Å². The van der Waals surface area contributed by atoms with E-state index in [-0.39, 0.29) is 11.9 Å². The number of halogens is 2. The summed E-state index contributed by atoms with van der Waals surface area (Å²) in [6, 6.07) is 16.2. The Balaban J connectivity index is 1.17. The lowest BCUT2D eigenvalue weighted by Crippen LogP contribution is -2.42. The van der Waals surface area contributed by atoms with Gasteiger partial charge in [-0.25, -0.2) is 9.97 Å². The van der Waals surface area contributed by atoms with Crippen molar-refractivity contribution in [1.82, 2.24) is 33.8 Å². The predicted octanol–water partition coefficient (Wildman–Crippen LogP) is 10.3. The van der Waals surface area contributed by atoms with E-state index < -0.39 is 0 Å². The lowest BCUT2D eigenvalue weighted by atomic mass is 9.98. The van der Waals surface area contributed by atoms with Gasteiger partial charge >= 0.3 is 0 Å². The molecule has 1 fully saturated rings. The van der Waals surface area contributed by atoms with Crippen molar-refractivity contribution >= 4 is 56.6 Å². The molecule has 0 radical (unpaired) electrons. The third-order valence-corrected chi connectivity index (χ3v) is 13.3. The second-order valence-corrected chi connectivity index (χ2v) is 17.1. The number of amides is 1. The highest BCUT2D eigenvalue weighted by molar-refractivity contribution is 6.35. The molecular weight excluding hydrogens is 779 g/mol. The highest BCUT2D eigenvalue weighted by Gasteiger charge is 2.38. The highest BCUT2D eigenvalue weighted by Crippen LogP contribution is 2.46. The van der Waals surface area contributed by atoms with E-state index in [2.05, 4.69) is 68.3 Å². The zero-order valence-corrected chi connectivity index (χ0v) is 36.2. The Bertz CT molecular complexity index is 2720. The van der Waals surface area contributed by atoms with Gasteiger partial charge < -0.3 is 23.7 Å². The van der Waals surface area contributed by atoms with Crippen LogP contribution in [0.5, 0.6) is 5.75 Å². The summed E-state index contributed by atoms with van der Waals surface area (Å²) in [7, 11) is 1.96. The number of carbonyl (C=O) groups excluding carboxylic acids is 1. The molecule has 2 aliphatic rings. The maximum absolute atomic E-state index is 15.5. The molecule has 4 aromatic heterocycles. The Morgan fingerprint density at radius 3 is 2.36 bits per heavy atom. The van der Waals surface area contributed by atoms with Crippen molar-refractivity contribution < 1.29 is 9.53 Å². The summed E-state index contributed by atoms with van der Waals surface area (Å²) in [5.74, 6) is 1.42. The molecule has 6 heterocycles. The normalized spacial score (nSPS) is 15.9. The first-order valence-corrected chi connectivity index (χ1v) is 21.5. The van der Waals surface area contributed by atoms with Gasteiger partial charge in [0.1, 0.15) is 11.4 Å². The van der Waals surface area contributed by atoms with E-state index in [0.717, 1.165) is 109 Å². The zero-order valence-electron chi connectivity index (χ0n) is 34.6. The van der Waals surface area contributed by atoms with Gasteiger partial charge in [0.2, 0.25) is 0 Å². The molecule has 0 aliphatic carbocycles. The molecule has 0 spiro atoms. The molecule has 1 unspecified atom stereocenters. The molecule has 12 heteroatoms. The first-order chi connectivity index (χ1) is 28.5. The number of nitrogens with zero attached hydrogens (tertiary/aromatic N) is 8. The van der Waals surface area contributed by atoms with Crippen LogP contribution < -0.4 is 9.64 Å². The van der Waals surface area contributed by atoms with Crippen LogP contribution >= 0.6 is 23.2 Å². The van der Waals surface area contributed by atoms with Crippen molar-refractivity contribution in [2.75, 3.05) is 37.7 Å². The summed E-state index contributed by atoms with van der Waals surface area (Å²) in [4.78, 5) is 29.2. The SMILES string of the molecule is Cc1cc(OCCCc2c3n(c4c(-c5c(C)nn(C)c5C)c(Cl)ccc24)C(C)CN(c2cn(CCN4CCCC4)c4ccc(-c5ncccn5)cc24)C3=O)cc(C)c1Cl. The molecule has 0 saturated carbocycles. The summed E-state index contributed by atoms with van der Waals surface area (Å²) < 4.78 is 12.8. The minimum atomic E-state index is -0.0756. The first kappa shape index (κ1) is 39.3. The summed E-state index contributed by atoms with van der Waals surface area (Å²) in [6.45, 7) is 15.3. The standard InChI is InChI=1S/C47H50Cl2N8O2/c1-28-23-34(24-29(2)43(28)49)59-22-9-11-35-36-13-14-38(48)42(41-31(4)52-53(6)32(41)5)44(36)57-30(3)26-56(47(58)45(35)57)40-27-55(21-20-54-18-7-8-19-54)39-15-12-33(25-37(39)40)46-50-16-10-17-51-46/h10,12-17,23-25,27,30H,7-9,11,18-22,26H2,1-6H3. The summed E-state index contributed by atoms with van der Waals surface area (Å²) in [5, 5.41) is 8.21. The van der Waals surface area contributed by atoms with Crippen molar-refractivity contribution in [1.29, 1.82) is 0 Å². The molecule has 0 N–H and O–H groups in total. The first-order valence-electron chi connectivity index (χ1n) is 20.7. The van der Waals surface area contributed by atoms with E-state index in [1.54, 1.807) is 12.4 Å². The van der Waals surface area contributed by atoms with Crippen molar-refractivity contribution in [2.45, 2.75) is 72.9 Å². The number of fused-ring (bicyclic) bond motifs is 4. The Labute approximate surface area is 355 Å². The smallest absolute Gasteiger partial charge is 0.275 e. The van der Waals surface area contributed by atoms with Gasteiger partial charge in [0.25, 0.3) is 5.91 Å². The van der Waals surface area contributed by atoms with Crippen LogP contribution in [0.1, 0.15) is 70.8 Å². The van der Waals surface area contributed by atoms with Gasteiger partial charge in [-0.3, -0.25) is 9.48 Å². The summed E-state index contributed by atoms with van der Waals surface area (Å²) >= 11 is 13.7. The van der Waals surface area contributed by atoms with Crippen LogP contribution in [0.3, 0.4) is 0 Å². The largest absolute Gasteiger partial charge is 0.494 e. The quantitative estimate of drug-likeness (QED) is 0.121. The molecular formula is C47H50Cl2N8O2. The molecule has 0 bridgehead atoms. The molecule has 7 aromatic rings. The second kappa shape index (κ2) is 15.8. The molecule has 2 aliphatic heterocycles. The monoisotopic (exact) mass is 828 g/mol. The van der Waals surface area contributed by atoms with E-state index >= 15 is 4.79 Å². The topological polar surface area (TPSA) is 86.2 Å². The van der Waals surface area contributed by atoms with Crippen LogP contribution in [-0.4, -0.2) is 72.5 Å². The van der Waals surface area contributed by atoms with Crippen LogP contribution in [0, 0.1) is 27.7 Å². The number of carbonyl (C=O) groups is 1. The molecule has 304 valence electrons. The van der Waals surface area contributed by atoms with E-state index in [1.807, 2.05) is 61.7 Å². The summed E-state index contributed by atoms with van der Waals surface area (Å²) in [5.41, 5.74) is 11.4. The molecule has 59 heavy (non-hydrogen) atoms. The Morgan fingerprint density at radius 1 is 0.898 bits per heavy atom. The number of benzene rings is 3. The van der Waals surface area contributed by atoms with E-state index in [9.17, 15) is 0 Å². The van der Waals surface area contributed by atoms with Crippen molar-refractivity contribution in [2.24, 2.45) is 7.05 Å². The van der Waals surface area contributed by atoms with Gasteiger partial charge in [-0.15, -0.1) is 0 Å². The number of likely N-dealkylation sites (tertiary alicyclic amines) is 1. The fourth-order valence-electron chi connectivity index (χ4n) is 9.46. The second-order valence-electron chi connectivity index (χ2n) is 16.3. The third kappa shape index (κ3) is 6.98. The van der Waals surface area contributed by atoms with Gasteiger partial charge in [0, 0.05) is 89.5 Å². The van der Waals surface area contributed by atoms with Crippen LogP contribution in [0.25, 0.3) is 44.3 Å². The van der Waals surface area contributed by atoms with Gasteiger partial charge in [-0.2, -0.15) is 5.10 Å². The predicted molar refractivity (Wildman–Crippen MR) is 238 cm³/mol. The number of anilines is 1. The Kier molecular flexibility index (Phi) is 10.5. The molecule has 3 aromatic carbocycles. The van der Waals surface area contributed by atoms with Gasteiger partial charge in [-0.1, -0.05) is 29.3 Å². The fraction of sp³-hybridized carbons (Fsp3) is 0.362. The maximum Gasteiger partial charge on any atom is 0.275 e. The number of ether oxygens (including phenoxy) is 1. The van der Waals surface area contributed by atoms with Crippen molar-refractivity contribution in [3.63, 3.8) is 0 Å². The average Bonchev–Trinajstić information content (AvgIpc) is 4.01. The van der Waals surface area contributed by atoms with E-state index in [4.69, 9.17) is 33.0 Å². The van der Waals surface area contributed by atoms with Crippen LogP contribution in [0.2, 0.25) is 10.0 Å². The lowest BCUT2D eigenvalue weighted by molar-refractivity contribution is 0.0957. The Hall–Kier alpha value is -5.16. The van der Waals surface area contributed by atoms with Crippen LogP contribution in [0.15, 0.2) is 67.1 Å². The number of aryl methyl sites for hydroxylation is 5. The molecule has 10 nitrogen and oxygen atoms in total. The fourth-order valence-corrected chi connectivity index (χ4v) is 9.81. The highest BCUT2D eigenvalue weighted by atomic mass is 35.5. The maximum atomic E-state index is 15.5. The van der Waals surface area contributed by atoms with E-state index in [0.29, 0.717) is 42.5 Å². The van der Waals surface area contributed by atoms with Crippen LogP contribution in [-0.2, 0) is 20.0 Å². The number of rotatable bonds is 11. The summed E-state index contributed by atoms with van der Waals surface area (Å²) in [6.07, 6.45) is 9.55. The lowest BCUT2D eigenvalue weighted by Gasteiger charge is -2.34. The molecule has 1 saturated heterocycles. The zero-order chi connectivity index (χ0) is 41.1. The molecule has 9 rings (SSSR count). The minimum Gasteiger partial charge on any atom is -0.494 e. The van der Waals surface area contributed by atoms with Crippen molar-refractivity contribution in [3.05, 3.63) is 111 Å². The minimum absolute atomic E-state index is 0.0270. The molecule has 1 atom stereocenters. The average molecular weight is 830 g/mol. The number of hydrogen-bond acceptors (Lipinski definition) is 6. The van der Waals surface area contributed by atoms with Crippen molar-refractivity contribution in [3.8, 4) is 28.3 Å². The van der Waals surface area contributed by atoms with Crippen LogP contribution in [0.4, 0.5) is 5.69 Å². The van der Waals surface area contributed by atoms with E-state index in [1.165, 1.54) is 12.8 Å². The third-order valence-electron chi connectivity index (χ3n) is 12.4. The Morgan fingerprint density at radius 2 is 1.64 bits per heavy atom. The number of aromatic nitrogens is 6. The number of hydrogen-bond donors (Lipinski definition) is 0. The van der Waals surface area contributed by atoms with Gasteiger partial charge in [0.15, 0.2) is 5.82 Å². The molecule has 1 amide bonds. The van der Waals surface area contributed by atoms with Gasteiger partial charge in [-0.05, 0) is 133 Å².